The van der Waals surface area contributed by atoms with E-state index in [1.807, 2.05) is 0 Å². The molecule has 0 bridgehead atoms. The largest absolute Gasteiger partial charge is 0.495 e. The second kappa shape index (κ2) is 5.70. The number of sulfone groups is 1. The molecule has 6 nitrogen and oxygen atoms in total. The van der Waals surface area contributed by atoms with Crippen molar-refractivity contribution in [2.24, 2.45) is 0 Å². The molecule has 1 aliphatic rings. The van der Waals surface area contributed by atoms with Crippen LogP contribution in [0.3, 0.4) is 0 Å². The van der Waals surface area contributed by atoms with Crippen molar-refractivity contribution in [3.63, 3.8) is 0 Å². The van der Waals surface area contributed by atoms with E-state index in [0.29, 0.717) is 30.0 Å². The van der Waals surface area contributed by atoms with Crippen LogP contribution in [0.5, 0.6) is 5.75 Å². The van der Waals surface area contributed by atoms with Gasteiger partial charge in [0.05, 0.1) is 24.3 Å². The van der Waals surface area contributed by atoms with Crippen molar-refractivity contribution in [1.29, 1.82) is 0 Å². The molecule has 2 N–H and O–H groups in total. The van der Waals surface area contributed by atoms with E-state index in [2.05, 4.69) is 0 Å². The summed E-state index contributed by atoms with van der Waals surface area (Å²) in [5.41, 5.74) is 6.62. The summed E-state index contributed by atoms with van der Waals surface area (Å²) >= 11 is 0. The number of nitrogens with two attached hydrogens (primary N) is 1. The van der Waals surface area contributed by atoms with E-state index >= 15 is 0 Å². The van der Waals surface area contributed by atoms with E-state index < -0.39 is 9.84 Å². The Morgan fingerprint density at radius 3 is 2.75 bits per heavy atom. The second-order valence-electron chi connectivity index (χ2n) is 4.75. The number of benzene rings is 1. The number of nitrogen functional groups attached to an aromatic ring is 1. The zero-order valence-corrected chi connectivity index (χ0v) is 12.1. The van der Waals surface area contributed by atoms with Gasteiger partial charge in [-0.25, -0.2) is 8.42 Å². The zero-order chi connectivity index (χ0) is 14.8. The third-order valence-corrected chi connectivity index (χ3v) is 5.04. The number of nitrogens with zero attached hydrogens (tertiary/aromatic N) is 1. The van der Waals surface area contributed by atoms with Crippen LogP contribution >= 0.6 is 0 Å². The van der Waals surface area contributed by atoms with Crippen LogP contribution in [-0.4, -0.2) is 50.9 Å². The van der Waals surface area contributed by atoms with Gasteiger partial charge in [0.2, 0.25) is 0 Å². The molecule has 2 rings (SSSR count). The van der Waals surface area contributed by atoms with Crippen molar-refractivity contribution in [2.45, 2.75) is 6.42 Å². The Balaban J connectivity index is 2.19. The van der Waals surface area contributed by atoms with Gasteiger partial charge in [-0.15, -0.1) is 0 Å². The fraction of sp³-hybridized carbons (Fsp3) is 0.462. The number of ether oxygens (including phenoxy) is 1. The minimum atomic E-state index is -3.03. The van der Waals surface area contributed by atoms with Gasteiger partial charge in [-0.05, 0) is 24.6 Å². The van der Waals surface area contributed by atoms with Gasteiger partial charge in [0.15, 0.2) is 9.84 Å². The van der Waals surface area contributed by atoms with E-state index in [-0.39, 0.29) is 24.0 Å². The summed E-state index contributed by atoms with van der Waals surface area (Å²) in [6.07, 6.45) is 0.472. The van der Waals surface area contributed by atoms with Crippen molar-refractivity contribution in [3.8, 4) is 5.75 Å². The Bertz CT molecular complexity index is 613. The normalized spacial score (nSPS) is 18.4. The number of carbonyl (C=O) groups is 1. The quantitative estimate of drug-likeness (QED) is 0.805. The first-order chi connectivity index (χ1) is 9.43. The van der Waals surface area contributed by atoms with Crippen LogP contribution < -0.4 is 10.5 Å². The van der Waals surface area contributed by atoms with Crippen LogP contribution in [0.4, 0.5) is 5.69 Å². The molecular weight excluding hydrogens is 280 g/mol. The molecule has 0 saturated carbocycles. The topological polar surface area (TPSA) is 89.7 Å². The van der Waals surface area contributed by atoms with Gasteiger partial charge < -0.3 is 15.4 Å². The van der Waals surface area contributed by atoms with Crippen LogP contribution in [-0.2, 0) is 9.84 Å². The van der Waals surface area contributed by atoms with Crippen molar-refractivity contribution >= 4 is 21.4 Å². The Kier molecular flexibility index (Phi) is 4.17. The van der Waals surface area contributed by atoms with Gasteiger partial charge in [-0.2, -0.15) is 0 Å². The van der Waals surface area contributed by atoms with Crippen LogP contribution in [0.25, 0.3) is 0 Å². The number of carbonyl (C=O) groups excluding carboxylic acids is 1. The lowest BCUT2D eigenvalue weighted by Gasteiger charge is -2.20. The first-order valence-corrected chi connectivity index (χ1v) is 8.18. The number of hydrogen-bond donors (Lipinski definition) is 1. The monoisotopic (exact) mass is 298 g/mol. The van der Waals surface area contributed by atoms with Gasteiger partial charge in [0.1, 0.15) is 5.75 Å². The predicted molar refractivity (Wildman–Crippen MR) is 76.6 cm³/mol. The second-order valence-corrected chi connectivity index (χ2v) is 7.06. The van der Waals surface area contributed by atoms with Crippen molar-refractivity contribution in [1.82, 2.24) is 4.90 Å². The fourth-order valence-electron chi connectivity index (χ4n) is 2.17. The molecule has 0 radical (unpaired) electrons. The average Bonchev–Trinajstić information content (AvgIpc) is 2.59. The molecule has 1 aromatic carbocycles. The Morgan fingerprint density at radius 1 is 1.30 bits per heavy atom. The van der Waals surface area contributed by atoms with E-state index in [9.17, 15) is 13.2 Å². The third-order valence-electron chi connectivity index (χ3n) is 3.32. The SMILES string of the molecule is COc1cc(C(=O)N2CCCS(=O)(=O)CC2)ccc1N. The number of anilines is 1. The summed E-state index contributed by atoms with van der Waals surface area (Å²) in [5.74, 6) is 0.408. The number of hydrogen-bond acceptors (Lipinski definition) is 5. The molecular formula is C13H18N2O4S. The van der Waals surface area contributed by atoms with E-state index in [1.54, 1.807) is 23.1 Å². The van der Waals surface area contributed by atoms with Crippen LogP contribution in [0.1, 0.15) is 16.8 Å². The number of methoxy groups -OCH3 is 1. The molecule has 20 heavy (non-hydrogen) atoms. The summed E-state index contributed by atoms with van der Waals surface area (Å²) in [6, 6.07) is 4.82. The highest BCUT2D eigenvalue weighted by Crippen LogP contribution is 2.23. The third kappa shape index (κ3) is 3.22. The van der Waals surface area contributed by atoms with Crippen LogP contribution in [0.2, 0.25) is 0 Å². The van der Waals surface area contributed by atoms with Crippen molar-refractivity contribution in [3.05, 3.63) is 23.8 Å². The molecule has 1 aliphatic heterocycles. The Labute approximate surface area is 118 Å². The van der Waals surface area contributed by atoms with Gasteiger partial charge in [-0.1, -0.05) is 0 Å². The fourth-order valence-corrected chi connectivity index (χ4v) is 3.44. The summed E-state index contributed by atoms with van der Waals surface area (Å²) in [5, 5.41) is 0. The first kappa shape index (κ1) is 14.6. The maximum atomic E-state index is 12.4. The Morgan fingerprint density at radius 2 is 2.05 bits per heavy atom. The maximum absolute atomic E-state index is 12.4. The smallest absolute Gasteiger partial charge is 0.254 e. The highest BCUT2D eigenvalue weighted by atomic mass is 32.2. The maximum Gasteiger partial charge on any atom is 0.254 e. The van der Waals surface area contributed by atoms with E-state index in [4.69, 9.17) is 10.5 Å². The molecule has 1 fully saturated rings. The standard InChI is InChI=1S/C13H18N2O4S/c1-19-12-9-10(3-4-11(12)14)13(16)15-5-2-7-20(17,18)8-6-15/h3-4,9H,2,5-8,14H2,1H3. The molecule has 0 atom stereocenters. The molecule has 0 spiro atoms. The van der Waals surface area contributed by atoms with Gasteiger partial charge >= 0.3 is 0 Å². The summed E-state index contributed by atoms with van der Waals surface area (Å²) < 4.78 is 28.2. The Hall–Kier alpha value is -1.76. The molecule has 110 valence electrons. The van der Waals surface area contributed by atoms with Crippen molar-refractivity contribution in [2.75, 3.05) is 37.4 Å². The first-order valence-electron chi connectivity index (χ1n) is 6.36. The summed E-state index contributed by atoms with van der Waals surface area (Å²) in [7, 11) is -1.54. The van der Waals surface area contributed by atoms with E-state index in [0.717, 1.165) is 0 Å². The number of rotatable bonds is 2. The zero-order valence-electron chi connectivity index (χ0n) is 11.3. The molecule has 0 aliphatic carbocycles. The number of amides is 1. The summed E-state index contributed by atoms with van der Waals surface area (Å²) in [4.78, 5) is 13.9. The molecule has 1 amide bonds. The molecule has 1 saturated heterocycles. The molecule has 1 aromatic rings. The predicted octanol–water partition coefficient (Wildman–Crippen LogP) is 0.538. The van der Waals surface area contributed by atoms with Gasteiger partial charge in [-0.3, -0.25) is 4.79 Å². The highest BCUT2D eigenvalue weighted by molar-refractivity contribution is 7.91. The van der Waals surface area contributed by atoms with Gasteiger partial charge in [0, 0.05) is 18.7 Å². The molecule has 1 heterocycles. The lowest BCUT2D eigenvalue weighted by Crippen LogP contribution is -2.33. The molecule has 7 heteroatoms. The highest BCUT2D eigenvalue weighted by Gasteiger charge is 2.23. The van der Waals surface area contributed by atoms with Crippen molar-refractivity contribution < 1.29 is 17.9 Å². The minimum Gasteiger partial charge on any atom is -0.495 e. The van der Waals surface area contributed by atoms with E-state index in [1.165, 1.54) is 7.11 Å². The van der Waals surface area contributed by atoms with Crippen LogP contribution in [0, 0.1) is 0 Å². The molecule has 0 unspecified atom stereocenters. The molecule has 0 aromatic heterocycles. The van der Waals surface area contributed by atoms with Gasteiger partial charge in [0.25, 0.3) is 5.91 Å². The minimum absolute atomic E-state index is 0.0187. The summed E-state index contributed by atoms with van der Waals surface area (Å²) in [6.45, 7) is 0.679. The lowest BCUT2D eigenvalue weighted by atomic mass is 10.1. The average molecular weight is 298 g/mol. The lowest BCUT2D eigenvalue weighted by molar-refractivity contribution is 0.0768. The van der Waals surface area contributed by atoms with Crippen LogP contribution in [0.15, 0.2) is 18.2 Å².